The van der Waals surface area contributed by atoms with Crippen LogP contribution in [0.3, 0.4) is 0 Å². The van der Waals surface area contributed by atoms with Crippen molar-refractivity contribution in [3.05, 3.63) is 65.2 Å². The highest BCUT2D eigenvalue weighted by atomic mass is 16.5. The average molecular weight is 489 g/mol. The largest absolute Gasteiger partial charge is 0.427 e. The first kappa shape index (κ1) is 25.7. The number of fused-ring (bicyclic) bond motifs is 1. The molecule has 1 saturated carbocycles. The molecule has 0 radical (unpaired) electrons. The molecule has 2 aromatic carbocycles. The number of rotatable bonds is 8. The maximum absolute atomic E-state index is 11.8. The Kier molecular flexibility index (Phi) is 8.24. The number of hydrogen-bond donors (Lipinski definition) is 0. The molecule has 0 spiro atoms. The van der Waals surface area contributed by atoms with Crippen molar-refractivity contribution in [2.24, 2.45) is 16.9 Å². The first-order chi connectivity index (χ1) is 17.4. The van der Waals surface area contributed by atoms with Crippen molar-refractivity contribution in [2.45, 2.75) is 65.3 Å². The minimum Gasteiger partial charge on any atom is -0.427 e. The molecule has 2 aromatic rings. The number of ether oxygens (including phenoxy) is 2. The van der Waals surface area contributed by atoms with Crippen LogP contribution in [0.25, 0.3) is 6.08 Å². The molecule has 1 aliphatic carbocycles. The van der Waals surface area contributed by atoms with Gasteiger partial charge in [-0.15, -0.1) is 0 Å². The van der Waals surface area contributed by atoms with E-state index in [1.807, 2.05) is 69.4 Å². The fourth-order valence-corrected chi connectivity index (χ4v) is 5.10. The van der Waals surface area contributed by atoms with E-state index in [2.05, 4.69) is 18.0 Å². The van der Waals surface area contributed by atoms with Crippen LogP contribution < -0.4 is 9.47 Å². The summed E-state index contributed by atoms with van der Waals surface area (Å²) in [5, 5.41) is 7.07. The van der Waals surface area contributed by atoms with E-state index >= 15 is 0 Å². The number of benzene rings is 2. The van der Waals surface area contributed by atoms with Crippen LogP contribution in [0.15, 0.2) is 59.2 Å². The Labute approximate surface area is 214 Å². The molecule has 0 unspecified atom stereocenters. The van der Waals surface area contributed by atoms with Gasteiger partial charge in [0, 0.05) is 25.8 Å². The lowest BCUT2D eigenvalue weighted by Crippen LogP contribution is -2.29. The van der Waals surface area contributed by atoms with E-state index in [1.165, 1.54) is 11.1 Å². The Balaban J connectivity index is 1.50. The van der Waals surface area contributed by atoms with Gasteiger partial charge < -0.3 is 9.47 Å². The molecule has 0 bridgehead atoms. The second-order valence-corrected chi connectivity index (χ2v) is 9.77. The quantitative estimate of drug-likeness (QED) is 0.310. The second-order valence-electron chi connectivity index (χ2n) is 9.77. The number of carbonyl (C=O) groups excluding carboxylic acids is 2. The molecule has 36 heavy (non-hydrogen) atoms. The average Bonchev–Trinajstić information content (AvgIpc) is 3.19. The lowest BCUT2D eigenvalue weighted by molar-refractivity contribution is -0.135. The minimum atomic E-state index is -0.200. The van der Waals surface area contributed by atoms with Crippen LogP contribution in [0.1, 0.15) is 76.5 Å². The van der Waals surface area contributed by atoms with Gasteiger partial charge in [-0.05, 0) is 78.6 Å². The van der Waals surface area contributed by atoms with Crippen molar-refractivity contribution in [2.75, 3.05) is 7.05 Å². The highest BCUT2D eigenvalue weighted by Crippen LogP contribution is 2.45. The van der Waals surface area contributed by atoms with Crippen molar-refractivity contribution in [1.29, 1.82) is 0 Å². The molecule has 190 valence electrons. The number of nitrogens with zero attached hydrogens (tertiary/aromatic N) is 2. The van der Waals surface area contributed by atoms with E-state index in [4.69, 9.17) is 14.6 Å². The molecule has 6 heteroatoms. The van der Waals surface area contributed by atoms with Gasteiger partial charge in [-0.2, -0.15) is 5.10 Å². The summed E-state index contributed by atoms with van der Waals surface area (Å²) in [6.45, 7) is 6.19. The number of hydrazone groups is 1. The number of carbonyl (C=O) groups is 2. The summed E-state index contributed by atoms with van der Waals surface area (Å²) in [5.74, 6) is 1.48. The first-order valence-corrected chi connectivity index (χ1v) is 13.0. The molecule has 3 atom stereocenters. The molecule has 0 N–H and O–H groups in total. The summed E-state index contributed by atoms with van der Waals surface area (Å²) in [7, 11) is 2.03. The van der Waals surface area contributed by atoms with Gasteiger partial charge in [0.15, 0.2) is 0 Å². The van der Waals surface area contributed by atoms with Crippen LogP contribution in [0.5, 0.6) is 11.5 Å². The maximum atomic E-state index is 11.8. The first-order valence-electron chi connectivity index (χ1n) is 13.0. The van der Waals surface area contributed by atoms with E-state index in [0.29, 0.717) is 36.2 Å². The lowest BCUT2D eigenvalue weighted by atomic mass is 9.73. The maximum Gasteiger partial charge on any atom is 0.311 e. The van der Waals surface area contributed by atoms with Crippen LogP contribution in [0, 0.1) is 11.8 Å². The molecular formula is C30H36N2O4. The van der Waals surface area contributed by atoms with E-state index in [-0.39, 0.29) is 18.0 Å². The number of hydrogen-bond acceptors (Lipinski definition) is 6. The third-order valence-corrected chi connectivity index (χ3v) is 6.93. The molecule has 1 aliphatic heterocycles. The summed E-state index contributed by atoms with van der Waals surface area (Å²) in [4.78, 5) is 23.6. The summed E-state index contributed by atoms with van der Waals surface area (Å²) in [5.41, 5.74) is 4.66. The number of esters is 2. The zero-order valence-electron chi connectivity index (χ0n) is 21.7. The van der Waals surface area contributed by atoms with Gasteiger partial charge in [-0.3, -0.25) is 14.6 Å². The van der Waals surface area contributed by atoms with E-state index in [9.17, 15) is 9.59 Å². The van der Waals surface area contributed by atoms with Crippen LogP contribution in [0.4, 0.5) is 0 Å². The summed E-state index contributed by atoms with van der Waals surface area (Å²) in [6, 6.07) is 15.7. The third kappa shape index (κ3) is 5.86. The second kappa shape index (κ2) is 11.5. The Morgan fingerprint density at radius 1 is 0.917 bits per heavy atom. The molecule has 6 nitrogen and oxygen atoms in total. The minimum absolute atomic E-state index is 0.150. The monoisotopic (exact) mass is 488 g/mol. The predicted molar refractivity (Wildman–Crippen MR) is 142 cm³/mol. The van der Waals surface area contributed by atoms with E-state index < -0.39 is 0 Å². The Morgan fingerprint density at radius 3 is 2.03 bits per heavy atom. The standard InChI is InChI=1S/C30H36N2O4/c1-5-7-27(33)35-23-14-10-21(11-15-23)19-26-20(3)9-18-25-29(26)31-32(4)30(25)22-12-16-24(17-13-22)36-28(34)8-6-2/h10-17,19-20,25,30H,5-9,18H2,1-4H3/b26-19+/t20-,25+,30-/m1/s1. The van der Waals surface area contributed by atoms with E-state index in [1.54, 1.807) is 0 Å². The SMILES string of the molecule is CCCC(=O)Oc1ccc(/C=C2/C3=NN(C)[C@H](c4ccc(OC(=O)CCC)cc4)[C@H]3CC[C@H]2C)cc1. The van der Waals surface area contributed by atoms with Crippen molar-refractivity contribution >= 4 is 23.7 Å². The van der Waals surface area contributed by atoms with Crippen LogP contribution in [-0.4, -0.2) is 29.7 Å². The summed E-state index contributed by atoms with van der Waals surface area (Å²) < 4.78 is 10.8. The van der Waals surface area contributed by atoms with Gasteiger partial charge in [-0.1, -0.05) is 45.0 Å². The Morgan fingerprint density at radius 2 is 1.47 bits per heavy atom. The van der Waals surface area contributed by atoms with Crippen LogP contribution in [-0.2, 0) is 9.59 Å². The third-order valence-electron chi connectivity index (χ3n) is 6.93. The van der Waals surface area contributed by atoms with Gasteiger partial charge in [0.1, 0.15) is 11.5 Å². The molecule has 0 amide bonds. The lowest BCUT2D eigenvalue weighted by Gasteiger charge is -2.31. The molecule has 1 fully saturated rings. The fourth-order valence-electron chi connectivity index (χ4n) is 5.10. The Hall–Kier alpha value is -3.41. The van der Waals surface area contributed by atoms with Crippen LogP contribution in [0.2, 0.25) is 0 Å². The van der Waals surface area contributed by atoms with Crippen molar-refractivity contribution in [1.82, 2.24) is 5.01 Å². The van der Waals surface area contributed by atoms with Gasteiger partial charge in [0.05, 0.1) is 11.8 Å². The number of allylic oxidation sites excluding steroid dienone is 1. The highest BCUT2D eigenvalue weighted by Gasteiger charge is 2.41. The van der Waals surface area contributed by atoms with E-state index in [0.717, 1.165) is 37.0 Å². The van der Waals surface area contributed by atoms with Crippen molar-refractivity contribution in [3.63, 3.8) is 0 Å². The fraction of sp³-hybridized carbons (Fsp3) is 0.433. The topological polar surface area (TPSA) is 68.2 Å². The highest BCUT2D eigenvalue weighted by molar-refractivity contribution is 6.07. The Bertz CT molecular complexity index is 1130. The normalized spacial score (nSPS) is 22.2. The predicted octanol–water partition coefficient (Wildman–Crippen LogP) is 6.57. The molecular weight excluding hydrogens is 452 g/mol. The zero-order valence-corrected chi connectivity index (χ0v) is 21.7. The molecule has 1 heterocycles. The van der Waals surface area contributed by atoms with Crippen LogP contribution >= 0.6 is 0 Å². The molecule has 4 rings (SSSR count). The van der Waals surface area contributed by atoms with Gasteiger partial charge >= 0.3 is 11.9 Å². The van der Waals surface area contributed by atoms with Crippen molar-refractivity contribution < 1.29 is 19.1 Å². The molecule has 2 aliphatic rings. The zero-order chi connectivity index (χ0) is 25.7. The molecule has 0 saturated heterocycles. The van der Waals surface area contributed by atoms with Gasteiger partial charge in [0.2, 0.25) is 0 Å². The van der Waals surface area contributed by atoms with Gasteiger partial charge in [0.25, 0.3) is 0 Å². The smallest absolute Gasteiger partial charge is 0.311 e. The molecule has 0 aromatic heterocycles. The van der Waals surface area contributed by atoms with Gasteiger partial charge in [-0.25, -0.2) is 0 Å². The summed E-state index contributed by atoms with van der Waals surface area (Å²) in [6.07, 6.45) is 6.79. The summed E-state index contributed by atoms with van der Waals surface area (Å²) >= 11 is 0. The van der Waals surface area contributed by atoms with Crippen molar-refractivity contribution in [3.8, 4) is 11.5 Å².